The molecule has 0 bridgehead atoms. The molecule has 0 fully saturated rings. The third-order valence-electron chi connectivity index (χ3n) is 2.99. The largest absolute Gasteiger partial charge is 0.389 e. The zero-order chi connectivity index (χ0) is 17.4. The molecule has 2 rings (SSSR count). The van der Waals surface area contributed by atoms with Gasteiger partial charge in [0.1, 0.15) is 12.3 Å². The van der Waals surface area contributed by atoms with Crippen molar-refractivity contribution in [1.29, 1.82) is 0 Å². The molecule has 0 saturated carbocycles. The molecule has 13 heteroatoms. The predicted molar refractivity (Wildman–Crippen MR) is 64.7 cm³/mol. The Morgan fingerprint density at radius 3 is 2.61 bits per heavy atom. The molecular formula is C10H9F4N5O4. The van der Waals surface area contributed by atoms with E-state index in [9.17, 15) is 37.6 Å². The van der Waals surface area contributed by atoms with Crippen LogP contribution in [0.15, 0.2) is 17.4 Å². The van der Waals surface area contributed by atoms with Gasteiger partial charge < -0.3 is 15.2 Å². The molecule has 9 nitrogen and oxygen atoms in total. The van der Waals surface area contributed by atoms with Crippen molar-refractivity contribution in [2.24, 2.45) is 5.10 Å². The molecule has 0 aromatic carbocycles. The van der Waals surface area contributed by atoms with Crippen molar-refractivity contribution >= 4 is 17.4 Å². The maximum atomic E-state index is 12.9. The SMILES string of the molecule is O=C(Cn1ccc([N+](=O)[O-])n1)N1N=C(C(F)F)C[C@@]1(O)C(F)F. The van der Waals surface area contributed by atoms with E-state index in [-0.39, 0.29) is 5.01 Å². The molecule has 1 amide bonds. The van der Waals surface area contributed by atoms with Crippen LogP contribution in [0.5, 0.6) is 0 Å². The molecule has 1 aliphatic rings. The van der Waals surface area contributed by atoms with Crippen molar-refractivity contribution in [3.05, 3.63) is 22.4 Å². The van der Waals surface area contributed by atoms with Crippen molar-refractivity contribution in [1.82, 2.24) is 14.8 Å². The summed E-state index contributed by atoms with van der Waals surface area (Å²) in [6, 6.07) is 0.949. The molecule has 1 atom stereocenters. The molecule has 2 heterocycles. The summed E-state index contributed by atoms with van der Waals surface area (Å²) in [6.07, 6.45) is -6.94. The summed E-state index contributed by atoms with van der Waals surface area (Å²) >= 11 is 0. The fourth-order valence-corrected chi connectivity index (χ4v) is 1.90. The molecule has 0 unspecified atom stereocenters. The van der Waals surface area contributed by atoms with Crippen molar-refractivity contribution in [3.63, 3.8) is 0 Å². The Bertz CT molecular complexity index is 663. The van der Waals surface area contributed by atoms with E-state index in [2.05, 4.69) is 10.2 Å². The Morgan fingerprint density at radius 1 is 1.48 bits per heavy atom. The van der Waals surface area contributed by atoms with Gasteiger partial charge in [-0.3, -0.25) is 4.79 Å². The third kappa shape index (κ3) is 3.13. The van der Waals surface area contributed by atoms with E-state index in [1.165, 1.54) is 0 Å². The second-order valence-electron chi connectivity index (χ2n) is 4.58. The second kappa shape index (κ2) is 5.91. The number of alkyl halides is 4. The normalized spacial score (nSPS) is 21.2. The lowest BCUT2D eigenvalue weighted by Gasteiger charge is -2.29. The lowest BCUT2D eigenvalue weighted by atomic mass is 10.1. The highest BCUT2D eigenvalue weighted by Crippen LogP contribution is 2.33. The Morgan fingerprint density at radius 2 is 2.13 bits per heavy atom. The van der Waals surface area contributed by atoms with E-state index in [0.717, 1.165) is 16.9 Å². The van der Waals surface area contributed by atoms with Crippen molar-refractivity contribution in [3.8, 4) is 0 Å². The van der Waals surface area contributed by atoms with E-state index < -0.39 is 53.9 Å². The zero-order valence-electron chi connectivity index (χ0n) is 11.1. The average Bonchev–Trinajstić information content (AvgIpc) is 3.04. The number of hydrogen-bond acceptors (Lipinski definition) is 6. The number of amides is 1. The number of hydrazone groups is 1. The van der Waals surface area contributed by atoms with Gasteiger partial charge in [-0.1, -0.05) is 0 Å². The van der Waals surface area contributed by atoms with Crippen LogP contribution in [0.4, 0.5) is 23.4 Å². The van der Waals surface area contributed by atoms with Gasteiger partial charge in [0.05, 0.1) is 17.4 Å². The molecule has 1 aromatic heterocycles. The Labute approximate surface area is 124 Å². The molecule has 0 spiro atoms. The van der Waals surface area contributed by atoms with Gasteiger partial charge in [-0.25, -0.2) is 17.6 Å². The molecule has 1 N–H and O–H groups in total. The maximum absolute atomic E-state index is 12.9. The summed E-state index contributed by atoms with van der Waals surface area (Å²) in [6.45, 7) is -0.803. The van der Waals surface area contributed by atoms with Crippen LogP contribution in [0.2, 0.25) is 0 Å². The quantitative estimate of drug-likeness (QED) is 0.479. The standard InChI is InChI=1S/C10H9F4N5O4/c11-8(12)5-3-10(21,9(13)14)18(15-5)7(20)4-17-2-1-6(16-17)19(22)23/h1-2,8-9,21H,3-4H2/t10-/m1/s1. The number of rotatable bonds is 5. The van der Waals surface area contributed by atoms with Gasteiger partial charge in [-0.05, 0) is 4.92 Å². The molecular weight excluding hydrogens is 330 g/mol. The number of aliphatic hydroxyl groups is 1. The Balaban J connectivity index is 2.22. The highest BCUT2D eigenvalue weighted by atomic mass is 19.3. The number of carbonyl (C=O) groups is 1. The van der Waals surface area contributed by atoms with E-state index >= 15 is 0 Å². The van der Waals surface area contributed by atoms with Gasteiger partial charge in [0.2, 0.25) is 5.72 Å². The van der Waals surface area contributed by atoms with Crippen LogP contribution in [-0.2, 0) is 11.3 Å². The van der Waals surface area contributed by atoms with Gasteiger partial charge in [0.15, 0.2) is 0 Å². The molecule has 0 radical (unpaired) electrons. The summed E-state index contributed by atoms with van der Waals surface area (Å²) in [7, 11) is 0. The Kier molecular flexibility index (Phi) is 4.31. The summed E-state index contributed by atoms with van der Waals surface area (Å²) in [4.78, 5) is 21.5. The number of hydrogen-bond donors (Lipinski definition) is 1. The van der Waals surface area contributed by atoms with Gasteiger partial charge >= 0.3 is 5.82 Å². The van der Waals surface area contributed by atoms with Crippen LogP contribution in [0.3, 0.4) is 0 Å². The lowest BCUT2D eigenvalue weighted by molar-refractivity contribution is -0.389. The van der Waals surface area contributed by atoms with E-state index in [0.29, 0.717) is 0 Å². The number of nitro groups is 1. The van der Waals surface area contributed by atoms with Crippen LogP contribution in [0.25, 0.3) is 0 Å². The van der Waals surface area contributed by atoms with Crippen LogP contribution in [0, 0.1) is 10.1 Å². The average molecular weight is 339 g/mol. The maximum Gasteiger partial charge on any atom is 0.389 e. The highest BCUT2D eigenvalue weighted by molar-refractivity contribution is 5.92. The fourth-order valence-electron chi connectivity index (χ4n) is 1.90. The van der Waals surface area contributed by atoms with Crippen molar-refractivity contribution in [2.75, 3.05) is 0 Å². The number of halogens is 4. The fraction of sp³-hybridized carbons (Fsp3) is 0.500. The van der Waals surface area contributed by atoms with Crippen LogP contribution < -0.4 is 0 Å². The number of aromatic nitrogens is 2. The van der Waals surface area contributed by atoms with Crippen LogP contribution in [0.1, 0.15) is 6.42 Å². The summed E-state index contributed by atoms with van der Waals surface area (Å²) in [5.74, 6) is -1.87. The molecule has 1 aliphatic heterocycles. The minimum absolute atomic E-state index is 0.132. The summed E-state index contributed by atoms with van der Waals surface area (Å²) < 4.78 is 51.8. The third-order valence-corrected chi connectivity index (χ3v) is 2.99. The topological polar surface area (TPSA) is 114 Å². The first-order valence-electron chi connectivity index (χ1n) is 6.02. The highest BCUT2D eigenvalue weighted by Gasteiger charge is 2.53. The monoisotopic (exact) mass is 339 g/mol. The molecule has 23 heavy (non-hydrogen) atoms. The van der Waals surface area contributed by atoms with Crippen molar-refractivity contribution < 1.29 is 32.4 Å². The zero-order valence-corrected chi connectivity index (χ0v) is 11.1. The molecule has 0 aliphatic carbocycles. The predicted octanol–water partition coefficient (Wildman–Crippen LogP) is 0.598. The number of carbonyl (C=O) groups excluding carboxylic acids is 1. The summed E-state index contributed by atoms with van der Waals surface area (Å²) in [5.41, 5.74) is -4.25. The molecule has 1 aromatic rings. The summed E-state index contributed by atoms with van der Waals surface area (Å²) in [5, 5.41) is 26.5. The smallest absolute Gasteiger partial charge is 0.364 e. The van der Waals surface area contributed by atoms with Gasteiger partial charge in [0, 0.05) is 6.42 Å². The van der Waals surface area contributed by atoms with Gasteiger partial charge in [-0.2, -0.15) is 14.8 Å². The van der Waals surface area contributed by atoms with E-state index in [4.69, 9.17) is 0 Å². The van der Waals surface area contributed by atoms with E-state index in [1.54, 1.807) is 0 Å². The second-order valence-corrected chi connectivity index (χ2v) is 4.58. The Hall–Kier alpha value is -2.57. The van der Waals surface area contributed by atoms with Crippen LogP contribution >= 0.6 is 0 Å². The first-order chi connectivity index (χ1) is 10.6. The minimum Gasteiger partial charge on any atom is -0.364 e. The lowest BCUT2D eigenvalue weighted by Crippen LogP contribution is -2.52. The van der Waals surface area contributed by atoms with E-state index in [1.807, 2.05) is 0 Å². The first kappa shape index (κ1) is 16.8. The first-order valence-corrected chi connectivity index (χ1v) is 6.02. The van der Waals surface area contributed by atoms with Crippen molar-refractivity contribution in [2.45, 2.75) is 31.5 Å². The van der Waals surface area contributed by atoms with Crippen LogP contribution in [-0.4, -0.2) is 55.0 Å². The molecule has 0 saturated heterocycles. The van der Waals surface area contributed by atoms with Gasteiger partial charge in [-0.15, -0.1) is 0 Å². The van der Waals surface area contributed by atoms with Gasteiger partial charge in [0.25, 0.3) is 18.8 Å². The minimum atomic E-state index is -3.54. The molecule has 126 valence electrons. The number of nitrogens with zero attached hydrogens (tertiary/aromatic N) is 5.